The molecule has 1 aromatic rings. The molecule has 4 heteroatoms. The maximum absolute atomic E-state index is 10.5. The van der Waals surface area contributed by atoms with Gasteiger partial charge in [0, 0.05) is 5.56 Å². The van der Waals surface area contributed by atoms with Crippen LogP contribution >= 0.6 is 0 Å². The van der Waals surface area contributed by atoms with Crippen molar-refractivity contribution >= 4 is 5.97 Å². The third-order valence-electron chi connectivity index (χ3n) is 2.11. The zero-order chi connectivity index (χ0) is 11.4. The maximum Gasteiger partial charge on any atom is 0.306 e. The average molecular weight is 210 g/mol. The van der Waals surface area contributed by atoms with Crippen LogP contribution in [-0.4, -0.2) is 23.3 Å². The van der Waals surface area contributed by atoms with Crippen LogP contribution in [0.15, 0.2) is 18.2 Å². The van der Waals surface area contributed by atoms with Crippen molar-refractivity contribution in [3.8, 4) is 5.75 Å². The first-order valence-electron chi connectivity index (χ1n) is 4.59. The van der Waals surface area contributed by atoms with Crippen LogP contribution in [0.2, 0.25) is 0 Å². The molecule has 4 nitrogen and oxygen atoms in total. The number of aliphatic hydroxyl groups is 1. The summed E-state index contributed by atoms with van der Waals surface area (Å²) in [4.78, 5) is 10.5. The number of carbonyl (C=O) groups is 1. The van der Waals surface area contributed by atoms with Crippen molar-refractivity contribution in [2.24, 2.45) is 0 Å². The highest BCUT2D eigenvalue weighted by Gasteiger charge is 2.16. The zero-order valence-corrected chi connectivity index (χ0v) is 8.73. The molecule has 0 heterocycles. The minimum atomic E-state index is -1.04. The second-order valence-corrected chi connectivity index (χ2v) is 3.36. The van der Waals surface area contributed by atoms with E-state index in [1.54, 1.807) is 12.1 Å². The van der Waals surface area contributed by atoms with Crippen LogP contribution < -0.4 is 4.74 Å². The van der Waals surface area contributed by atoms with E-state index in [0.29, 0.717) is 11.3 Å². The van der Waals surface area contributed by atoms with Crippen molar-refractivity contribution in [1.29, 1.82) is 0 Å². The number of hydrogen-bond donors (Lipinski definition) is 2. The van der Waals surface area contributed by atoms with Gasteiger partial charge in [-0.15, -0.1) is 0 Å². The van der Waals surface area contributed by atoms with E-state index in [1.165, 1.54) is 7.11 Å². The highest BCUT2D eigenvalue weighted by Crippen LogP contribution is 2.28. The minimum absolute atomic E-state index is 0.320. The van der Waals surface area contributed by atoms with E-state index in [1.807, 2.05) is 13.0 Å². The molecule has 0 fully saturated rings. The third-order valence-corrected chi connectivity index (χ3v) is 2.11. The summed E-state index contributed by atoms with van der Waals surface area (Å²) in [6.07, 6.45) is -1.35. The summed E-state index contributed by atoms with van der Waals surface area (Å²) in [5.41, 5.74) is 1.47. The molecule has 0 spiro atoms. The summed E-state index contributed by atoms with van der Waals surface area (Å²) in [5, 5.41) is 18.2. The van der Waals surface area contributed by atoms with Crippen molar-refractivity contribution < 1.29 is 19.7 Å². The Balaban J connectivity index is 2.99. The molecule has 0 amide bonds. The molecule has 0 aliphatic carbocycles. The van der Waals surface area contributed by atoms with Crippen LogP contribution in [0.5, 0.6) is 5.75 Å². The summed E-state index contributed by atoms with van der Waals surface area (Å²) < 4.78 is 5.05. The molecule has 15 heavy (non-hydrogen) atoms. The van der Waals surface area contributed by atoms with Crippen LogP contribution in [0.25, 0.3) is 0 Å². The molecule has 0 aliphatic heterocycles. The summed E-state index contributed by atoms with van der Waals surface area (Å²) in [5.74, 6) is -0.527. The van der Waals surface area contributed by atoms with Crippen molar-refractivity contribution in [2.75, 3.05) is 7.11 Å². The molecular formula is C11H14O4. The number of carboxylic acids is 1. The summed E-state index contributed by atoms with van der Waals surface area (Å²) in [6, 6.07) is 5.29. The van der Waals surface area contributed by atoms with Gasteiger partial charge in [-0.05, 0) is 19.1 Å². The first-order valence-corrected chi connectivity index (χ1v) is 4.59. The van der Waals surface area contributed by atoms with Crippen molar-refractivity contribution in [3.05, 3.63) is 29.3 Å². The molecule has 1 rings (SSSR count). The van der Waals surface area contributed by atoms with Gasteiger partial charge in [0.25, 0.3) is 0 Å². The minimum Gasteiger partial charge on any atom is -0.496 e. The largest absolute Gasteiger partial charge is 0.496 e. The SMILES string of the molecule is COc1ccc(C)cc1[C@H](O)CC(=O)O. The van der Waals surface area contributed by atoms with Crippen LogP contribution in [-0.2, 0) is 4.79 Å². The van der Waals surface area contributed by atoms with Gasteiger partial charge in [0.15, 0.2) is 0 Å². The number of aliphatic carboxylic acids is 1. The lowest BCUT2D eigenvalue weighted by Gasteiger charge is -2.13. The van der Waals surface area contributed by atoms with Crippen LogP contribution in [0.1, 0.15) is 23.7 Å². The summed E-state index contributed by atoms with van der Waals surface area (Å²) >= 11 is 0. The van der Waals surface area contributed by atoms with Crippen LogP contribution in [0.3, 0.4) is 0 Å². The predicted octanol–water partition coefficient (Wildman–Crippen LogP) is 1.51. The Hall–Kier alpha value is -1.55. The number of methoxy groups -OCH3 is 1. The summed E-state index contributed by atoms with van der Waals surface area (Å²) in [7, 11) is 1.49. The molecule has 1 atom stereocenters. The maximum atomic E-state index is 10.5. The van der Waals surface area contributed by atoms with Gasteiger partial charge < -0.3 is 14.9 Å². The molecule has 82 valence electrons. The number of rotatable bonds is 4. The third kappa shape index (κ3) is 2.95. The zero-order valence-electron chi connectivity index (χ0n) is 8.73. The number of ether oxygens (including phenoxy) is 1. The average Bonchev–Trinajstić information content (AvgIpc) is 2.16. The Bertz CT molecular complexity index is 360. The van der Waals surface area contributed by atoms with E-state index < -0.39 is 12.1 Å². The number of aryl methyl sites for hydroxylation is 1. The van der Waals surface area contributed by atoms with Gasteiger partial charge in [-0.1, -0.05) is 11.6 Å². The van der Waals surface area contributed by atoms with Gasteiger partial charge in [0.1, 0.15) is 5.75 Å². The lowest BCUT2D eigenvalue weighted by atomic mass is 10.0. The lowest BCUT2D eigenvalue weighted by molar-refractivity contribution is -0.139. The first-order chi connectivity index (χ1) is 7.04. The van der Waals surface area contributed by atoms with Crippen LogP contribution in [0.4, 0.5) is 0 Å². The van der Waals surface area contributed by atoms with E-state index in [-0.39, 0.29) is 6.42 Å². The normalized spacial score (nSPS) is 12.2. The monoisotopic (exact) mass is 210 g/mol. The van der Waals surface area contributed by atoms with Gasteiger partial charge in [0.2, 0.25) is 0 Å². The molecule has 0 aliphatic rings. The fourth-order valence-electron chi connectivity index (χ4n) is 1.39. The molecule has 0 aromatic heterocycles. The van der Waals surface area contributed by atoms with Crippen molar-refractivity contribution in [1.82, 2.24) is 0 Å². The van der Waals surface area contributed by atoms with Crippen LogP contribution in [0, 0.1) is 6.92 Å². The Morgan fingerprint density at radius 1 is 1.53 bits per heavy atom. The van der Waals surface area contributed by atoms with E-state index >= 15 is 0 Å². The Labute approximate surface area is 88.1 Å². The molecule has 0 bridgehead atoms. The molecule has 0 saturated carbocycles. The molecule has 0 unspecified atom stereocenters. The van der Waals surface area contributed by atoms with Crippen molar-refractivity contribution in [2.45, 2.75) is 19.4 Å². The number of hydrogen-bond acceptors (Lipinski definition) is 3. The Morgan fingerprint density at radius 3 is 2.73 bits per heavy atom. The molecule has 2 N–H and O–H groups in total. The number of aliphatic hydroxyl groups excluding tert-OH is 1. The summed E-state index contributed by atoms with van der Waals surface area (Å²) in [6.45, 7) is 1.87. The smallest absolute Gasteiger partial charge is 0.306 e. The van der Waals surface area contributed by atoms with E-state index in [0.717, 1.165) is 5.56 Å². The molecular weight excluding hydrogens is 196 g/mol. The topological polar surface area (TPSA) is 66.8 Å². The molecule has 0 saturated heterocycles. The number of carboxylic acid groups (broad SMARTS) is 1. The lowest BCUT2D eigenvalue weighted by Crippen LogP contribution is -2.07. The van der Waals surface area contributed by atoms with Gasteiger partial charge in [-0.3, -0.25) is 4.79 Å². The Morgan fingerprint density at radius 2 is 2.20 bits per heavy atom. The molecule has 1 aromatic carbocycles. The van der Waals surface area contributed by atoms with E-state index in [9.17, 15) is 9.90 Å². The highest BCUT2D eigenvalue weighted by atomic mass is 16.5. The quantitative estimate of drug-likeness (QED) is 0.790. The Kier molecular flexibility index (Phi) is 3.68. The van der Waals surface area contributed by atoms with Crippen molar-refractivity contribution in [3.63, 3.8) is 0 Å². The fourth-order valence-corrected chi connectivity index (χ4v) is 1.39. The van der Waals surface area contributed by atoms with Gasteiger partial charge >= 0.3 is 5.97 Å². The predicted molar refractivity (Wildman–Crippen MR) is 54.9 cm³/mol. The fraction of sp³-hybridized carbons (Fsp3) is 0.364. The van der Waals surface area contributed by atoms with Gasteiger partial charge in [-0.2, -0.15) is 0 Å². The second-order valence-electron chi connectivity index (χ2n) is 3.36. The standard InChI is InChI=1S/C11H14O4/c1-7-3-4-10(15-2)8(5-7)9(12)6-11(13)14/h3-5,9,12H,6H2,1-2H3,(H,13,14)/t9-/m1/s1. The van der Waals surface area contributed by atoms with Gasteiger partial charge in [0.05, 0.1) is 19.6 Å². The molecule has 0 radical (unpaired) electrons. The van der Waals surface area contributed by atoms with E-state index in [4.69, 9.17) is 9.84 Å². The van der Waals surface area contributed by atoms with Gasteiger partial charge in [-0.25, -0.2) is 0 Å². The number of benzene rings is 1. The second kappa shape index (κ2) is 4.79. The first kappa shape index (κ1) is 11.5. The highest BCUT2D eigenvalue weighted by molar-refractivity contribution is 5.68. The van der Waals surface area contributed by atoms with E-state index in [2.05, 4.69) is 0 Å².